The van der Waals surface area contributed by atoms with Crippen molar-refractivity contribution in [2.45, 2.75) is 32.1 Å². The van der Waals surface area contributed by atoms with E-state index in [9.17, 15) is 0 Å². The predicted molar refractivity (Wildman–Crippen MR) is 112 cm³/mol. The number of nitrogens with two attached hydrogens (primary N) is 1. The van der Waals surface area contributed by atoms with Gasteiger partial charge in [0, 0.05) is 40.5 Å². The Balaban J connectivity index is 0.00000105. The highest BCUT2D eigenvalue weighted by Crippen LogP contribution is 2.17. The van der Waals surface area contributed by atoms with Gasteiger partial charge in [-0.15, -0.1) is 24.1 Å². The van der Waals surface area contributed by atoms with E-state index in [1.165, 1.54) is 4.90 Å². The van der Waals surface area contributed by atoms with Gasteiger partial charge in [-0.25, -0.2) is 4.98 Å². The molecule has 0 aliphatic carbocycles. The molecule has 0 bridgehead atoms. The number of terminal acetylenes is 1. The molecule has 2 heterocycles. The fourth-order valence-corrected chi connectivity index (χ4v) is 2.64. The molecule has 3 N–H and O–H groups in total. The average Bonchev–Trinajstić information content (AvgIpc) is 2.59. The summed E-state index contributed by atoms with van der Waals surface area (Å²) in [4.78, 5) is 13.5. The molecule has 136 valence electrons. The van der Waals surface area contributed by atoms with E-state index in [0.717, 1.165) is 23.6 Å². The summed E-state index contributed by atoms with van der Waals surface area (Å²) >= 11 is 1.76. The molecule has 5 nitrogen and oxygen atoms in total. The number of thioether (sulfide) groups is 1. The number of hydrogen-bond donors (Lipinski definition) is 2. The second kappa shape index (κ2) is 12.6. The van der Waals surface area contributed by atoms with Crippen molar-refractivity contribution in [2.24, 2.45) is 0 Å². The standard InChI is InChI=1S/C17H21N5S.C3H4/c1-3-5-14(21-16-12-13(2)20-17(18)22-16)6-4-11-23-15-7-9-19-10-8-15;1-3-2/h4-10,12H,3,11H2,1-2H3,(H3,18,20,21,22);1H,2H3/b6-4-,14-5+;. The van der Waals surface area contributed by atoms with Crippen LogP contribution in [0.1, 0.15) is 26.0 Å². The van der Waals surface area contributed by atoms with Gasteiger partial charge in [-0.3, -0.25) is 4.98 Å². The molecule has 2 aromatic rings. The highest BCUT2D eigenvalue weighted by Gasteiger charge is 2.00. The Morgan fingerprint density at radius 1 is 1.35 bits per heavy atom. The number of rotatable bonds is 7. The highest BCUT2D eigenvalue weighted by atomic mass is 32.2. The minimum Gasteiger partial charge on any atom is -0.368 e. The molecule has 0 spiro atoms. The van der Waals surface area contributed by atoms with Crippen LogP contribution in [0.4, 0.5) is 11.8 Å². The Morgan fingerprint density at radius 2 is 2.04 bits per heavy atom. The van der Waals surface area contributed by atoms with E-state index < -0.39 is 0 Å². The summed E-state index contributed by atoms with van der Waals surface area (Å²) in [6, 6.07) is 5.89. The SMILES string of the molecule is C#CC.CC/C=C(\C=C/CSc1ccncc1)Nc1cc(C)nc(N)n1. The number of allylic oxidation sites excluding steroid dienone is 2. The first-order valence-electron chi connectivity index (χ1n) is 8.24. The maximum atomic E-state index is 5.69. The van der Waals surface area contributed by atoms with E-state index in [1.807, 2.05) is 25.1 Å². The average molecular weight is 368 g/mol. The van der Waals surface area contributed by atoms with Crippen LogP contribution in [-0.4, -0.2) is 20.7 Å². The third-order valence-electron chi connectivity index (χ3n) is 2.86. The quantitative estimate of drug-likeness (QED) is 0.427. The number of aromatic nitrogens is 3. The summed E-state index contributed by atoms with van der Waals surface area (Å²) in [5.74, 6) is 4.12. The largest absolute Gasteiger partial charge is 0.368 e. The zero-order chi connectivity index (χ0) is 19.2. The van der Waals surface area contributed by atoms with Crippen LogP contribution >= 0.6 is 11.8 Å². The van der Waals surface area contributed by atoms with Crippen molar-refractivity contribution < 1.29 is 0 Å². The molecular weight excluding hydrogens is 342 g/mol. The molecule has 6 heteroatoms. The summed E-state index contributed by atoms with van der Waals surface area (Å²) in [7, 11) is 0. The number of aryl methyl sites for hydroxylation is 1. The highest BCUT2D eigenvalue weighted by molar-refractivity contribution is 7.99. The molecule has 0 atom stereocenters. The van der Waals surface area contributed by atoms with E-state index >= 15 is 0 Å². The number of anilines is 2. The van der Waals surface area contributed by atoms with E-state index in [0.29, 0.717) is 5.82 Å². The fourth-order valence-electron chi connectivity index (χ4n) is 1.94. The molecular formula is C20H25N5S. The summed E-state index contributed by atoms with van der Waals surface area (Å²) in [6.45, 7) is 5.65. The minimum absolute atomic E-state index is 0.278. The van der Waals surface area contributed by atoms with Crippen molar-refractivity contribution in [3.63, 3.8) is 0 Å². The number of nitrogens with zero attached hydrogens (tertiary/aromatic N) is 3. The van der Waals surface area contributed by atoms with Crippen LogP contribution in [0.2, 0.25) is 0 Å². The molecule has 0 aliphatic heterocycles. The molecule has 0 fully saturated rings. The van der Waals surface area contributed by atoms with Crippen molar-refractivity contribution in [2.75, 3.05) is 16.8 Å². The first-order chi connectivity index (χ1) is 12.6. The van der Waals surface area contributed by atoms with Crippen LogP contribution in [0.25, 0.3) is 0 Å². The monoisotopic (exact) mass is 367 g/mol. The second-order valence-corrected chi connectivity index (χ2v) is 6.22. The molecule has 0 aromatic carbocycles. The number of pyridine rings is 1. The number of nitrogen functional groups attached to an aromatic ring is 1. The van der Waals surface area contributed by atoms with E-state index in [-0.39, 0.29) is 5.95 Å². The molecule has 26 heavy (non-hydrogen) atoms. The Hall–Kier alpha value is -2.78. The maximum absolute atomic E-state index is 5.69. The van der Waals surface area contributed by atoms with Gasteiger partial charge in [-0.05, 0) is 38.5 Å². The lowest BCUT2D eigenvalue weighted by molar-refractivity contribution is 1.11. The maximum Gasteiger partial charge on any atom is 0.222 e. The Bertz CT molecular complexity index is 743. The van der Waals surface area contributed by atoms with Gasteiger partial charge in [-0.2, -0.15) is 4.98 Å². The molecule has 0 saturated heterocycles. The Labute approximate surface area is 160 Å². The summed E-state index contributed by atoms with van der Waals surface area (Å²) in [6.07, 6.45) is 15.4. The zero-order valence-corrected chi connectivity index (χ0v) is 16.3. The summed E-state index contributed by atoms with van der Waals surface area (Å²) in [5, 5.41) is 3.28. The molecule has 2 rings (SSSR count). The van der Waals surface area contributed by atoms with Gasteiger partial charge in [0.15, 0.2) is 0 Å². The van der Waals surface area contributed by atoms with Crippen LogP contribution in [0.5, 0.6) is 0 Å². The second-order valence-electron chi connectivity index (χ2n) is 5.13. The molecule has 0 unspecified atom stereocenters. The van der Waals surface area contributed by atoms with Crippen molar-refractivity contribution in [1.82, 2.24) is 15.0 Å². The van der Waals surface area contributed by atoms with Crippen LogP contribution < -0.4 is 11.1 Å². The third kappa shape index (κ3) is 8.90. The Morgan fingerprint density at radius 3 is 2.65 bits per heavy atom. The van der Waals surface area contributed by atoms with Crippen molar-refractivity contribution in [3.05, 3.63) is 60.2 Å². The molecule has 0 aliphatic rings. The minimum atomic E-state index is 0.278. The molecule has 0 amide bonds. The van der Waals surface area contributed by atoms with Gasteiger partial charge < -0.3 is 11.1 Å². The van der Waals surface area contributed by atoms with E-state index in [4.69, 9.17) is 5.73 Å². The van der Waals surface area contributed by atoms with Crippen LogP contribution in [0.15, 0.2) is 59.4 Å². The Kier molecular flexibility index (Phi) is 10.3. The van der Waals surface area contributed by atoms with Gasteiger partial charge >= 0.3 is 0 Å². The topological polar surface area (TPSA) is 76.7 Å². The molecule has 0 saturated carbocycles. The molecule has 0 radical (unpaired) electrons. The van der Waals surface area contributed by atoms with Gasteiger partial charge in [0.1, 0.15) is 5.82 Å². The first kappa shape index (κ1) is 21.3. The number of hydrogen-bond acceptors (Lipinski definition) is 6. The van der Waals surface area contributed by atoms with Crippen LogP contribution in [0.3, 0.4) is 0 Å². The fraction of sp³-hybridized carbons (Fsp3) is 0.250. The van der Waals surface area contributed by atoms with Crippen LogP contribution in [0, 0.1) is 19.3 Å². The predicted octanol–water partition coefficient (Wildman–Crippen LogP) is 4.46. The third-order valence-corrected chi connectivity index (χ3v) is 3.83. The lowest BCUT2D eigenvalue weighted by Crippen LogP contribution is -2.04. The van der Waals surface area contributed by atoms with Crippen molar-refractivity contribution in [3.8, 4) is 12.3 Å². The summed E-state index contributed by atoms with van der Waals surface area (Å²) < 4.78 is 0. The van der Waals surface area contributed by atoms with Gasteiger partial charge in [0.25, 0.3) is 0 Å². The summed E-state index contributed by atoms with van der Waals surface area (Å²) in [5.41, 5.74) is 7.53. The van der Waals surface area contributed by atoms with Gasteiger partial charge in [0.05, 0.1) is 0 Å². The smallest absolute Gasteiger partial charge is 0.222 e. The van der Waals surface area contributed by atoms with Crippen molar-refractivity contribution >= 4 is 23.5 Å². The first-order valence-corrected chi connectivity index (χ1v) is 9.22. The lowest BCUT2D eigenvalue weighted by atomic mass is 10.3. The molecule has 2 aromatic heterocycles. The van der Waals surface area contributed by atoms with E-state index in [2.05, 4.69) is 57.8 Å². The van der Waals surface area contributed by atoms with Gasteiger partial charge in [-0.1, -0.05) is 19.1 Å². The number of nitrogens with one attached hydrogen (secondary N) is 1. The lowest BCUT2D eigenvalue weighted by Gasteiger charge is -2.08. The van der Waals surface area contributed by atoms with E-state index in [1.54, 1.807) is 31.1 Å². The van der Waals surface area contributed by atoms with Crippen molar-refractivity contribution in [1.29, 1.82) is 0 Å². The van der Waals surface area contributed by atoms with Crippen LogP contribution in [-0.2, 0) is 0 Å². The zero-order valence-electron chi connectivity index (χ0n) is 15.4. The normalized spacial score (nSPS) is 10.8. The van der Waals surface area contributed by atoms with Gasteiger partial charge in [0.2, 0.25) is 5.95 Å².